The molecule has 4 N–H and O–H groups in total. The van der Waals surface area contributed by atoms with Gasteiger partial charge in [0.1, 0.15) is 6.04 Å². The van der Waals surface area contributed by atoms with Gasteiger partial charge in [-0.3, -0.25) is 4.79 Å². The highest BCUT2D eigenvalue weighted by molar-refractivity contribution is 5.85. The Hall–Kier alpha value is -0.320. The van der Waals surface area contributed by atoms with Crippen LogP contribution in [-0.2, 0) is 9.53 Å². The van der Waals surface area contributed by atoms with Crippen LogP contribution in [0, 0.1) is 0 Å². The number of nitrogens with two attached hydrogens (primary N) is 2. The first-order valence-electron chi connectivity index (χ1n) is 3.20. The predicted octanol–water partition coefficient (Wildman–Crippen LogP) is -0.354. The summed E-state index contributed by atoms with van der Waals surface area (Å²) in [5.74, 6) is -0.527. The molecule has 0 unspecified atom stereocenters. The molecule has 4 nitrogen and oxygen atoms in total. The summed E-state index contributed by atoms with van der Waals surface area (Å²) in [7, 11) is 0. The quantitative estimate of drug-likeness (QED) is 0.624. The molecule has 11 heavy (non-hydrogen) atoms. The van der Waals surface area contributed by atoms with Crippen molar-refractivity contribution in [3.63, 3.8) is 0 Å². The molecular formula is C6H15ClN2O2. The third kappa shape index (κ3) is 7.58. The summed E-state index contributed by atoms with van der Waals surface area (Å²) in [5, 5.41) is 0. The Morgan fingerprint density at radius 3 is 2.27 bits per heavy atom. The fraction of sp³-hybridized carbons (Fsp3) is 0.833. The fourth-order valence-electron chi connectivity index (χ4n) is 0.378. The van der Waals surface area contributed by atoms with Crippen molar-refractivity contribution in [2.75, 3.05) is 6.61 Å². The van der Waals surface area contributed by atoms with E-state index >= 15 is 0 Å². The number of amides is 1. The predicted molar refractivity (Wildman–Crippen MR) is 45.5 cm³/mol. The van der Waals surface area contributed by atoms with Crippen molar-refractivity contribution in [3.8, 4) is 0 Å². The molecule has 5 heteroatoms. The highest BCUT2D eigenvalue weighted by atomic mass is 35.5. The number of carbonyl (C=O) groups is 1. The summed E-state index contributed by atoms with van der Waals surface area (Å²) in [6.45, 7) is 3.94. The van der Waals surface area contributed by atoms with Gasteiger partial charge in [0, 0.05) is 0 Å². The van der Waals surface area contributed by atoms with Gasteiger partial charge in [-0.25, -0.2) is 0 Å². The summed E-state index contributed by atoms with van der Waals surface area (Å²) in [4.78, 5) is 10.3. The molecule has 68 valence electrons. The van der Waals surface area contributed by atoms with Crippen LogP contribution in [0.5, 0.6) is 0 Å². The van der Waals surface area contributed by atoms with Crippen LogP contribution >= 0.6 is 12.4 Å². The average Bonchev–Trinajstić information content (AvgIpc) is 1.82. The zero-order chi connectivity index (χ0) is 8.15. The SMILES string of the molecule is CC(C)OC[C@H](N)C(N)=O.Cl. The average molecular weight is 183 g/mol. The molecule has 0 bridgehead atoms. The minimum Gasteiger partial charge on any atom is -0.377 e. The summed E-state index contributed by atoms with van der Waals surface area (Å²) in [6.07, 6.45) is 0.0883. The van der Waals surface area contributed by atoms with Crippen LogP contribution < -0.4 is 11.5 Å². The smallest absolute Gasteiger partial charge is 0.236 e. The summed E-state index contributed by atoms with van der Waals surface area (Å²) < 4.78 is 5.04. The maximum Gasteiger partial charge on any atom is 0.236 e. The first-order valence-corrected chi connectivity index (χ1v) is 3.20. The van der Waals surface area contributed by atoms with Gasteiger partial charge in [0.15, 0.2) is 0 Å². The van der Waals surface area contributed by atoms with E-state index in [4.69, 9.17) is 16.2 Å². The number of carbonyl (C=O) groups excluding carboxylic acids is 1. The molecule has 0 spiro atoms. The fourth-order valence-corrected chi connectivity index (χ4v) is 0.378. The van der Waals surface area contributed by atoms with Crippen molar-refractivity contribution >= 4 is 18.3 Å². The lowest BCUT2D eigenvalue weighted by atomic mass is 10.3. The molecule has 0 aliphatic rings. The van der Waals surface area contributed by atoms with E-state index in [0.717, 1.165) is 0 Å². The number of hydrogen-bond donors (Lipinski definition) is 2. The second-order valence-corrected chi connectivity index (χ2v) is 2.39. The van der Waals surface area contributed by atoms with Crippen molar-refractivity contribution in [1.29, 1.82) is 0 Å². The van der Waals surface area contributed by atoms with Crippen LogP contribution in [0.2, 0.25) is 0 Å². The van der Waals surface area contributed by atoms with E-state index in [0.29, 0.717) is 0 Å². The molecule has 0 rings (SSSR count). The van der Waals surface area contributed by atoms with Gasteiger partial charge < -0.3 is 16.2 Å². The van der Waals surface area contributed by atoms with Gasteiger partial charge in [0.05, 0.1) is 12.7 Å². The second-order valence-electron chi connectivity index (χ2n) is 2.39. The van der Waals surface area contributed by atoms with Crippen LogP contribution in [0.15, 0.2) is 0 Å². The van der Waals surface area contributed by atoms with Crippen LogP contribution in [-0.4, -0.2) is 24.7 Å². The Morgan fingerprint density at radius 2 is 2.00 bits per heavy atom. The molecule has 0 fully saturated rings. The van der Waals surface area contributed by atoms with Gasteiger partial charge >= 0.3 is 0 Å². The monoisotopic (exact) mass is 182 g/mol. The van der Waals surface area contributed by atoms with E-state index in [1.807, 2.05) is 13.8 Å². The largest absolute Gasteiger partial charge is 0.377 e. The zero-order valence-corrected chi connectivity index (χ0v) is 7.56. The Morgan fingerprint density at radius 1 is 1.55 bits per heavy atom. The number of ether oxygens (including phenoxy) is 1. The minimum atomic E-state index is -0.678. The maximum absolute atomic E-state index is 10.3. The van der Waals surface area contributed by atoms with E-state index in [1.165, 1.54) is 0 Å². The number of halogens is 1. The topological polar surface area (TPSA) is 78.3 Å². The van der Waals surface area contributed by atoms with Crippen molar-refractivity contribution in [3.05, 3.63) is 0 Å². The number of hydrogen-bond acceptors (Lipinski definition) is 3. The molecule has 0 aromatic heterocycles. The molecule has 1 amide bonds. The van der Waals surface area contributed by atoms with E-state index in [-0.39, 0.29) is 25.1 Å². The van der Waals surface area contributed by atoms with Gasteiger partial charge in [-0.05, 0) is 13.8 Å². The molecule has 0 radical (unpaired) electrons. The van der Waals surface area contributed by atoms with Gasteiger partial charge in [0.2, 0.25) is 5.91 Å². The van der Waals surface area contributed by atoms with E-state index in [1.54, 1.807) is 0 Å². The molecule has 0 aliphatic carbocycles. The first-order chi connectivity index (χ1) is 4.54. The lowest BCUT2D eigenvalue weighted by molar-refractivity contribution is -0.120. The van der Waals surface area contributed by atoms with Gasteiger partial charge in [0.25, 0.3) is 0 Å². The van der Waals surface area contributed by atoms with Crippen LogP contribution in [0.25, 0.3) is 0 Å². The van der Waals surface area contributed by atoms with E-state index < -0.39 is 11.9 Å². The van der Waals surface area contributed by atoms with Crippen LogP contribution in [0.4, 0.5) is 0 Å². The van der Waals surface area contributed by atoms with Gasteiger partial charge in [-0.1, -0.05) is 0 Å². The molecule has 0 aromatic rings. The van der Waals surface area contributed by atoms with Crippen molar-refractivity contribution < 1.29 is 9.53 Å². The lowest BCUT2D eigenvalue weighted by Gasteiger charge is -2.10. The molecule has 1 atom stereocenters. The third-order valence-corrected chi connectivity index (χ3v) is 0.975. The molecule has 0 heterocycles. The molecule has 0 saturated heterocycles. The summed E-state index contributed by atoms with van der Waals surface area (Å²) in [6, 6.07) is -0.678. The molecular weight excluding hydrogens is 168 g/mol. The minimum absolute atomic E-state index is 0. The maximum atomic E-state index is 10.3. The number of rotatable bonds is 4. The van der Waals surface area contributed by atoms with E-state index in [2.05, 4.69) is 0 Å². The van der Waals surface area contributed by atoms with Crippen molar-refractivity contribution in [2.45, 2.75) is 26.0 Å². The first kappa shape index (κ1) is 13.3. The van der Waals surface area contributed by atoms with E-state index in [9.17, 15) is 4.79 Å². The van der Waals surface area contributed by atoms with Gasteiger partial charge in [-0.2, -0.15) is 0 Å². The second kappa shape index (κ2) is 6.39. The molecule has 0 saturated carbocycles. The summed E-state index contributed by atoms with van der Waals surface area (Å²) in [5.41, 5.74) is 10.1. The van der Waals surface area contributed by atoms with Crippen LogP contribution in [0.1, 0.15) is 13.8 Å². The third-order valence-electron chi connectivity index (χ3n) is 0.975. The molecule has 0 aromatic carbocycles. The number of primary amides is 1. The van der Waals surface area contributed by atoms with Crippen molar-refractivity contribution in [2.24, 2.45) is 11.5 Å². The normalized spacial score (nSPS) is 12.4. The zero-order valence-electron chi connectivity index (χ0n) is 6.74. The van der Waals surface area contributed by atoms with Crippen LogP contribution in [0.3, 0.4) is 0 Å². The van der Waals surface area contributed by atoms with Gasteiger partial charge in [-0.15, -0.1) is 12.4 Å². The highest BCUT2D eigenvalue weighted by Gasteiger charge is 2.08. The lowest BCUT2D eigenvalue weighted by Crippen LogP contribution is -2.40. The standard InChI is InChI=1S/C6H14N2O2.ClH/c1-4(2)10-3-5(7)6(8)9;/h4-5H,3,7H2,1-2H3,(H2,8,9);1H/t5-;/m0./s1. The Balaban J connectivity index is 0. The van der Waals surface area contributed by atoms with Crippen molar-refractivity contribution in [1.82, 2.24) is 0 Å². The Labute approximate surface area is 72.7 Å². The Kier molecular flexibility index (Phi) is 7.72. The molecule has 0 aliphatic heterocycles. The summed E-state index contributed by atoms with van der Waals surface area (Å²) >= 11 is 0. The Bertz CT molecular complexity index is 119. The highest BCUT2D eigenvalue weighted by Crippen LogP contribution is 1.88.